The number of anilines is 1. The van der Waals surface area contributed by atoms with E-state index >= 15 is 0 Å². The van der Waals surface area contributed by atoms with E-state index in [0.29, 0.717) is 15.9 Å². The van der Waals surface area contributed by atoms with Gasteiger partial charge >= 0.3 is 6.18 Å². The van der Waals surface area contributed by atoms with E-state index in [1.807, 2.05) is 0 Å². The molecular weight excluding hydrogens is 469 g/mol. The average molecular weight is 485 g/mol. The largest absolute Gasteiger partial charge is 0.416 e. The van der Waals surface area contributed by atoms with Gasteiger partial charge in [-0.2, -0.15) is 13.2 Å². The van der Waals surface area contributed by atoms with Crippen molar-refractivity contribution in [1.82, 2.24) is 15.3 Å². The van der Waals surface area contributed by atoms with Gasteiger partial charge < -0.3 is 5.32 Å². The van der Waals surface area contributed by atoms with Crippen LogP contribution in [-0.4, -0.2) is 30.8 Å². The van der Waals surface area contributed by atoms with E-state index in [4.69, 9.17) is 11.6 Å². The fourth-order valence-corrected chi connectivity index (χ4v) is 4.43. The third kappa shape index (κ3) is 5.54. The third-order valence-corrected chi connectivity index (χ3v) is 6.36. The summed E-state index contributed by atoms with van der Waals surface area (Å²) < 4.78 is 66.8. The van der Waals surface area contributed by atoms with Gasteiger partial charge in [-0.1, -0.05) is 29.8 Å². The summed E-state index contributed by atoms with van der Waals surface area (Å²) in [5.41, 5.74) is -1.02. The van der Waals surface area contributed by atoms with Crippen molar-refractivity contribution >= 4 is 33.2 Å². The van der Waals surface area contributed by atoms with Crippen LogP contribution in [-0.2, 0) is 27.5 Å². The molecule has 12 heteroatoms. The van der Waals surface area contributed by atoms with Crippen LogP contribution in [0, 0.1) is 0 Å². The third-order valence-electron chi connectivity index (χ3n) is 4.26. The number of hydrogen-bond donors (Lipinski definition) is 1. The van der Waals surface area contributed by atoms with Crippen LogP contribution in [0.4, 0.5) is 18.9 Å². The number of carbonyl (C=O) groups is 1. The van der Waals surface area contributed by atoms with Gasteiger partial charge in [-0.25, -0.2) is 18.4 Å². The second-order valence-corrected chi connectivity index (χ2v) is 8.78. The van der Waals surface area contributed by atoms with Crippen molar-refractivity contribution in [3.8, 4) is 0 Å². The van der Waals surface area contributed by atoms with Gasteiger partial charge in [0.15, 0.2) is 0 Å². The van der Waals surface area contributed by atoms with E-state index in [2.05, 4.69) is 15.3 Å². The number of sulfonamides is 1. The van der Waals surface area contributed by atoms with Crippen LogP contribution in [0.3, 0.4) is 0 Å². The maximum atomic E-state index is 13.3. The average Bonchev–Trinajstić information content (AvgIpc) is 2.77. The minimum Gasteiger partial charge on any atom is -0.350 e. The van der Waals surface area contributed by atoms with Crippen molar-refractivity contribution in [2.75, 3.05) is 10.8 Å². The molecule has 0 aliphatic heterocycles. The Balaban J connectivity index is 1.98. The highest BCUT2D eigenvalue weighted by atomic mass is 35.5. The number of alkyl halides is 3. The van der Waals surface area contributed by atoms with E-state index in [0.717, 1.165) is 12.1 Å². The first-order valence-corrected chi connectivity index (χ1v) is 10.9. The molecule has 0 saturated carbocycles. The number of nitrogens with one attached hydrogen (secondary N) is 1. The number of halogens is 4. The Morgan fingerprint density at radius 2 is 1.72 bits per heavy atom. The van der Waals surface area contributed by atoms with Crippen LogP contribution in [0.2, 0.25) is 5.02 Å². The highest BCUT2D eigenvalue weighted by Crippen LogP contribution is 2.37. The van der Waals surface area contributed by atoms with E-state index in [-0.39, 0.29) is 16.5 Å². The molecule has 0 radical (unpaired) electrons. The Morgan fingerprint density at radius 3 is 2.34 bits per heavy atom. The van der Waals surface area contributed by atoms with Crippen LogP contribution in [0.1, 0.15) is 11.1 Å². The second-order valence-electron chi connectivity index (χ2n) is 6.51. The SMILES string of the molecule is O=C(CN(c1cc(C(F)(F)F)ccc1Cl)S(=O)(=O)c1ccccc1)NCc1cncnc1. The zero-order valence-corrected chi connectivity index (χ0v) is 17.8. The summed E-state index contributed by atoms with van der Waals surface area (Å²) in [6.07, 6.45) is -0.531. The van der Waals surface area contributed by atoms with Gasteiger partial charge in [-0.15, -0.1) is 0 Å². The Morgan fingerprint density at radius 1 is 1.06 bits per heavy atom. The van der Waals surface area contributed by atoms with E-state index in [1.165, 1.54) is 43.0 Å². The Bertz CT molecular complexity index is 1190. The highest BCUT2D eigenvalue weighted by molar-refractivity contribution is 7.92. The fraction of sp³-hybridized carbons (Fsp3) is 0.150. The highest BCUT2D eigenvalue weighted by Gasteiger charge is 2.34. The first-order valence-electron chi connectivity index (χ1n) is 9.04. The maximum absolute atomic E-state index is 13.3. The van der Waals surface area contributed by atoms with Crippen molar-refractivity contribution < 1.29 is 26.4 Å². The van der Waals surface area contributed by atoms with Gasteiger partial charge in [0.05, 0.1) is 21.2 Å². The summed E-state index contributed by atoms with van der Waals surface area (Å²) in [5.74, 6) is -0.762. The molecule has 3 aromatic rings. The number of carbonyl (C=O) groups excluding carboxylic acids is 1. The maximum Gasteiger partial charge on any atom is 0.416 e. The fourth-order valence-electron chi connectivity index (χ4n) is 2.71. The summed E-state index contributed by atoms with van der Waals surface area (Å²) in [5, 5.41) is 2.23. The quantitative estimate of drug-likeness (QED) is 0.552. The van der Waals surface area contributed by atoms with Crippen molar-refractivity contribution in [2.45, 2.75) is 17.6 Å². The van der Waals surface area contributed by atoms with Crippen LogP contribution in [0.25, 0.3) is 0 Å². The van der Waals surface area contributed by atoms with Gasteiger partial charge in [0, 0.05) is 24.5 Å². The molecule has 7 nitrogen and oxygen atoms in total. The Kier molecular flexibility index (Phi) is 6.99. The van der Waals surface area contributed by atoms with Gasteiger partial charge in [0.1, 0.15) is 12.9 Å². The molecule has 1 N–H and O–H groups in total. The molecule has 0 aliphatic carbocycles. The molecule has 0 saturated heterocycles. The summed E-state index contributed by atoms with van der Waals surface area (Å²) in [7, 11) is -4.42. The van der Waals surface area contributed by atoms with Crippen molar-refractivity contribution in [3.63, 3.8) is 0 Å². The minimum absolute atomic E-state index is 0.00474. The van der Waals surface area contributed by atoms with Gasteiger partial charge in [-0.05, 0) is 30.3 Å². The van der Waals surface area contributed by atoms with Gasteiger partial charge in [0.25, 0.3) is 10.0 Å². The lowest BCUT2D eigenvalue weighted by molar-refractivity contribution is -0.137. The number of amides is 1. The molecule has 32 heavy (non-hydrogen) atoms. The summed E-state index contributed by atoms with van der Waals surface area (Å²) in [4.78, 5) is 19.9. The molecular formula is C20H16ClF3N4O3S. The van der Waals surface area contributed by atoms with E-state index in [9.17, 15) is 26.4 Å². The minimum atomic E-state index is -4.74. The molecule has 1 aromatic heterocycles. The molecule has 1 amide bonds. The van der Waals surface area contributed by atoms with Crippen molar-refractivity contribution in [1.29, 1.82) is 0 Å². The van der Waals surface area contributed by atoms with Gasteiger partial charge in [0.2, 0.25) is 5.91 Å². The van der Waals surface area contributed by atoms with E-state index in [1.54, 1.807) is 6.07 Å². The van der Waals surface area contributed by atoms with E-state index < -0.39 is 39.9 Å². The Hall–Kier alpha value is -3.18. The number of rotatable bonds is 7. The van der Waals surface area contributed by atoms with Crippen LogP contribution in [0.15, 0.2) is 72.1 Å². The number of benzene rings is 2. The monoisotopic (exact) mass is 484 g/mol. The second kappa shape index (κ2) is 9.53. The first-order chi connectivity index (χ1) is 15.1. The van der Waals surface area contributed by atoms with Crippen LogP contribution in [0.5, 0.6) is 0 Å². The lowest BCUT2D eigenvalue weighted by Gasteiger charge is -2.25. The first kappa shape index (κ1) is 23.5. The van der Waals surface area contributed by atoms with Crippen molar-refractivity contribution in [3.05, 3.63) is 83.4 Å². The molecule has 0 atom stereocenters. The standard InChI is InChI=1S/C20H16ClF3N4O3S/c21-17-7-6-15(20(22,23)24)8-18(17)28(32(30,31)16-4-2-1-3-5-16)12-19(29)27-11-14-9-25-13-26-10-14/h1-10,13H,11-12H2,(H,27,29). The molecule has 3 rings (SSSR count). The lowest BCUT2D eigenvalue weighted by Crippen LogP contribution is -2.41. The number of hydrogen-bond acceptors (Lipinski definition) is 5. The molecule has 0 spiro atoms. The van der Waals surface area contributed by atoms with Crippen molar-refractivity contribution in [2.24, 2.45) is 0 Å². The smallest absolute Gasteiger partial charge is 0.350 e. The zero-order valence-electron chi connectivity index (χ0n) is 16.3. The molecule has 168 valence electrons. The van der Waals surface area contributed by atoms with Crippen LogP contribution < -0.4 is 9.62 Å². The predicted molar refractivity (Wildman–Crippen MR) is 111 cm³/mol. The lowest BCUT2D eigenvalue weighted by atomic mass is 10.2. The molecule has 0 bridgehead atoms. The predicted octanol–water partition coefficient (Wildman–Crippen LogP) is 3.66. The topological polar surface area (TPSA) is 92.3 Å². The summed E-state index contributed by atoms with van der Waals surface area (Å²) in [6, 6.07) is 9.28. The zero-order chi connectivity index (χ0) is 23.4. The normalized spacial score (nSPS) is 11.8. The molecule has 0 unspecified atom stereocenters. The molecule has 2 aromatic carbocycles. The van der Waals surface area contributed by atoms with Crippen LogP contribution >= 0.6 is 11.6 Å². The molecule has 0 fully saturated rings. The molecule has 1 heterocycles. The number of aromatic nitrogens is 2. The number of nitrogens with zero attached hydrogens (tertiary/aromatic N) is 3. The molecule has 0 aliphatic rings. The summed E-state index contributed by atoms with van der Waals surface area (Å²) >= 11 is 6.07. The Labute approximate surface area is 186 Å². The summed E-state index contributed by atoms with van der Waals surface area (Å²) in [6.45, 7) is -0.804. The van der Waals surface area contributed by atoms with Gasteiger partial charge in [-0.3, -0.25) is 9.10 Å².